The van der Waals surface area contributed by atoms with E-state index < -0.39 is 0 Å². The third-order valence-electron chi connectivity index (χ3n) is 6.36. The van der Waals surface area contributed by atoms with Crippen LogP contribution in [0.5, 0.6) is 0 Å². The molecule has 0 radical (unpaired) electrons. The molecule has 0 unspecified atom stereocenters. The van der Waals surface area contributed by atoms with Gasteiger partial charge in [0.05, 0.1) is 22.8 Å². The summed E-state index contributed by atoms with van der Waals surface area (Å²) in [6.45, 7) is 3.23. The molecule has 39 heavy (non-hydrogen) atoms. The van der Waals surface area contributed by atoms with Crippen molar-refractivity contribution >= 4 is 46.4 Å². The maximum Gasteiger partial charge on any atom is 0.0658 e. The number of nitrogens with one attached hydrogen (secondary N) is 5. The number of hydrogen-bond acceptors (Lipinski definition) is 6. The molecule has 210 valence electrons. The van der Waals surface area contributed by atoms with Crippen molar-refractivity contribution in [3.8, 4) is 0 Å². The Balaban J connectivity index is 0.000000245. The van der Waals surface area contributed by atoms with Gasteiger partial charge in [-0.3, -0.25) is 5.84 Å². The Bertz CT molecular complexity index is 1190. The average Bonchev–Trinajstić information content (AvgIpc) is 3.72. The van der Waals surface area contributed by atoms with Crippen molar-refractivity contribution in [1.29, 1.82) is 0 Å². The fraction of sp³-hybridized carbons (Fsp3) is 0.333. The Morgan fingerprint density at radius 2 is 1.00 bits per heavy atom. The molecule has 8 nitrogen and oxygen atoms in total. The minimum Gasteiger partial charge on any atom is -0.355 e. The van der Waals surface area contributed by atoms with E-state index in [-0.39, 0.29) is 20.4 Å². The molecule has 3 aromatic rings. The number of aromatic amines is 2. The summed E-state index contributed by atoms with van der Waals surface area (Å²) in [6.07, 6.45) is 18.9. The number of unbranched alkanes of at least 4 members (excludes halogenated alkanes) is 7. The van der Waals surface area contributed by atoms with Crippen molar-refractivity contribution in [3.05, 3.63) is 71.3 Å². The van der Waals surface area contributed by atoms with Gasteiger partial charge in [0.1, 0.15) is 0 Å². The van der Waals surface area contributed by atoms with E-state index in [2.05, 4.69) is 67.6 Å². The number of fused-ring (bicyclic) bond motifs is 8. The number of aromatic nitrogens is 4. The predicted octanol–water partition coefficient (Wildman–Crippen LogP) is 6.25. The Hall–Kier alpha value is -2.90. The van der Waals surface area contributed by atoms with Crippen LogP contribution in [0.25, 0.3) is 46.4 Å². The van der Waals surface area contributed by atoms with Crippen LogP contribution >= 0.6 is 0 Å². The zero-order chi connectivity index (χ0) is 26.4. The summed E-state index contributed by atoms with van der Waals surface area (Å²) in [4.78, 5) is 16.0. The quantitative estimate of drug-likeness (QED) is 0.0451. The molecule has 0 saturated carbocycles. The third-order valence-corrected chi connectivity index (χ3v) is 6.36. The van der Waals surface area contributed by atoms with Crippen molar-refractivity contribution in [2.45, 2.75) is 58.3 Å². The Kier molecular flexibility index (Phi) is 13.3. The summed E-state index contributed by atoms with van der Waals surface area (Å²) >= 11 is 0. The summed E-state index contributed by atoms with van der Waals surface area (Å²) < 4.78 is 0. The van der Waals surface area contributed by atoms with E-state index in [1.54, 1.807) is 0 Å². The first-order valence-corrected chi connectivity index (χ1v) is 13.7. The zero-order valence-corrected chi connectivity index (χ0v) is 24.1. The van der Waals surface area contributed by atoms with Gasteiger partial charge < -0.3 is 9.97 Å². The van der Waals surface area contributed by atoms with Gasteiger partial charge >= 0.3 is 0 Å². The molecule has 2 aliphatic heterocycles. The van der Waals surface area contributed by atoms with Crippen LogP contribution in [0.1, 0.15) is 81.1 Å². The summed E-state index contributed by atoms with van der Waals surface area (Å²) in [5.41, 5.74) is 15.8. The van der Waals surface area contributed by atoms with Gasteiger partial charge in [-0.05, 0) is 79.3 Å². The standard InChI is InChI=1S/C20H14N4.C10H26N4.Pd/c1-2-14-10-16-5-6-18(23-16)12-20-8-7-19(24-20)11-17-4-3-15(22-17)9-13(1)21-14;1-2-3-4-5-6-7-8-9-10-12-14-13-11;/h1-12,21,24H;12-14H,2-11H2,1H3;. The number of nitrogens with two attached hydrogens (primary N) is 1. The molecule has 5 rings (SSSR count). The molecule has 3 aromatic heterocycles. The van der Waals surface area contributed by atoms with Crippen molar-refractivity contribution in [3.63, 3.8) is 0 Å². The predicted molar refractivity (Wildman–Crippen MR) is 160 cm³/mol. The molecule has 0 saturated heterocycles. The molecule has 0 atom stereocenters. The van der Waals surface area contributed by atoms with Gasteiger partial charge in [0, 0.05) is 49.0 Å². The summed E-state index contributed by atoms with van der Waals surface area (Å²) in [5.74, 6) is 5.01. The van der Waals surface area contributed by atoms with Crippen LogP contribution in [0, 0.1) is 0 Å². The summed E-state index contributed by atoms with van der Waals surface area (Å²) in [6, 6.07) is 16.4. The van der Waals surface area contributed by atoms with Gasteiger partial charge in [-0.15, -0.1) is 0 Å². The molecule has 5 heterocycles. The largest absolute Gasteiger partial charge is 0.355 e. The second-order valence-electron chi connectivity index (χ2n) is 9.58. The molecule has 0 fully saturated rings. The van der Waals surface area contributed by atoms with E-state index in [9.17, 15) is 0 Å². The van der Waals surface area contributed by atoms with Crippen molar-refractivity contribution < 1.29 is 20.4 Å². The Morgan fingerprint density at radius 1 is 0.615 bits per heavy atom. The molecule has 0 spiro atoms. The maximum absolute atomic E-state index is 5.01. The van der Waals surface area contributed by atoms with Crippen LogP contribution in [0.15, 0.2) is 48.5 Å². The van der Waals surface area contributed by atoms with E-state index in [0.29, 0.717) is 0 Å². The normalized spacial score (nSPS) is 11.6. The summed E-state index contributed by atoms with van der Waals surface area (Å²) in [7, 11) is 0. The molecular formula is C30H40N8Pd. The van der Waals surface area contributed by atoms with Crippen LogP contribution in [-0.2, 0) is 20.4 Å². The molecule has 0 amide bonds. The second-order valence-corrected chi connectivity index (χ2v) is 9.58. The van der Waals surface area contributed by atoms with Crippen LogP contribution < -0.4 is 22.3 Å². The zero-order valence-electron chi connectivity index (χ0n) is 22.6. The number of hydrogen-bond donors (Lipinski definition) is 6. The van der Waals surface area contributed by atoms with Gasteiger partial charge in [0.25, 0.3) is 0 Å². The summed E-state index contributed by atoms with van der Waals surface area (Å²) in [5, 5.41) is 0. The number of rotatable bonds is 11. The van der Waals surface area contributed by atoms with E-state index >= 15 is 0 Å². The molecule has 7 N–H and O–H groups in total. The van der Waals surface area contributed by atoms with Crippen molar-refractivity contribution in [2.75, 3.05) is 6.54 Å². The topological polar surface area (TPSA) is 119 Å². The fourth-order valence-electron chi connectivity index (χ4n) is 4.40. The van der Waals surface area contributed by atoms with E-state index in [4.69, 9.17) is 5.84 Å². The van der Waals surface area contributed by atoms with Gasteiger partial charge in [0.2, 0.25) is 0 Å². The van der Waals surface area contributed by atoms with Crippen molar-refractivity contribution in [2.24, 2.45) is 5.84 Å². The second kappa shape index (κ2) is 16.9. The van der Waals surface area contributed by atoms with Crippen LogP contribution in [0.2, 0.25) is 0 Å². The maximum atomic E-state index is 5.01. The smallest absolute Gasteiger partial charge is 0.0658 e. The van der Waals surface area contributed by atoms with Gasteiger partial charge in [-0.2, -0.15) is 11.1 Å². The van der Waals surface area contributed by atoms with Gasteiger partial charge in [-0.1, -0.05) is 51.9 Å². The van der Waals surface area contributed by atoms with E-state index in [1.165, 1.54) is 51.4 Å². The monoisotopic (exact) mass is 618 g/mol. The van der Waals surface area contributed by atoms with Gasteiger partial charge in [-0.25, -0.2) is 15.4 Å². The van der Waals surface area contributed by atoms with Crippen LogP contribution in [0.3, 0.4) is 0 Å². The number of hydrazine groups is 3. The first kappa shape index (κ1) is 30.6. The minimum absolute atomic E-state index is 0. The first-order valence-electron chi connectivity index (χ1n) is 13.7. The molecule has 2 aliphatic rings. The average molecular weight is 619 g/mol. The van der Waals surface area contributed by atoms with E-state index in [0.717, 1.165) is 51.4 Å². The fourth-order valence-corrected chi connectivity index (χ4v) is 4.40. The Labute approximate surface area is 244 Å². The Morgan fingerprint density at radius 3 is 1.38 bits per heavy atom. The molecule has 8 bridgehead atoms. The van der Waals surface area contributed by atoms with Crippen LogP contribution in [0.4, 0.5) is 0 Å². The van der Waals surface area contributed by atoms with Crippen molar-refractivity contribution in [1.82, 2.24) is 36.4 Å². The third kappa shape index (κ3) is 10.6. The minimum atomic E-state index is 0. The van der Waals surface area contributed by atoms with Crippen LogP contribution in [-0.4, -0.2) is 26.5 Å². The SMILES string of the molecule is C1=Cc2cc3ccc(cc4nc(cc5ccc(cc1n2)[nH]5)C=C4)[nH]3.CCCCCCCCCCNNNN.[Pd]. The molecule has 0 aromatic carbocycles. The number of nitrogens with zero attached hydrogens (tertiary/aromatic N) is 2. The van der Waals surface area contributed by atoms with E-state index in [1.807, 2.05) is 48.6 Å². The number of H-pyrrole nitrogens is 2. The molecule has 9 heteroatoms. The van der Waals surface area contributed by atoms with Gasteiger partial charge in [0.15, 0.2) is 0 Å². The molecule has 0 aliphatic carbocycles. The first-order chi connectivity index (χ1) is 18.7. The molecular weight excluding hydrogens is 579 g/mol.